The number of nitrogens with zero attached hydrogens (tertiary/aromatic N) is 1. The summed E-state index contributed by atoms with van der Waals surface area (Å²) in [4.78, 5) is 14.7. The van der Waals surface area contributed by atoms with Crippen LogP contribution in [-0.4, -0.2) is 22.3 Å². The molecule has 0 aromatic heterocycles. The number of ketones is 1. The maximum absolute atomic E-state index is 12.6. The summed E-state index contributed by atoms with van der Waals surface area (Å²) in [7, 11) is 0. The van der Waals surface area contributed by atoms with Crippen LogP contribution in [0.1, 0.15) is 44.2 Å². The predicted octanol–water partition coefficient (Wildman–Crippen LogP) is 4.10. The Morgan fingerprint density at radius 2 is 2.05 bits per heavy atom. The van der Waals surface area contributed by atoms with Gasteiger partial charge in [-0.3, -0.25) is 4.79 Å². The second-order valence-electron chi connectivity index (χ2n) is 5.72. The van der Waals surface area contributed by atoms with Gasteiger partial charge in [0, 0.05) is 28.7 Å². The highest BCUT2D eigenvalue weighted by atomic mass is 79.9. The molecule has 0 fully saturated rings. The average Bonchev–Trinajstić information content (AvgIpc) is 2.51. The Balaban J connectivity index is 2.07. The molecule has 5 heteroatoms. The van der Waals surface area contributed by atoms with E-state index in [4.69, 9.17) is 12.2 Å². The minimum absolute atomic E-state index is 0.114. The second-order valence-corrected chi connectivity index (χ2v) is 7.03. The number of benzene rings is 1. The minimum atomic E-state index is -0.114. The Labute approximate surface area is 144 Å². The van der Waals surface area contributed by atoms with E-state index in [2.05, 4.69) is 33.1 Å². The lowest BCUT2D eigenvalue weighted by atomic mass is 9.85. The van der Waals surface area contributed by atoms with Crippen molar-refractivity contribution in [1.29, 1.82) is 0 Å². The third kappa shape index (κ3) is 2.84. The number of Topliss-reactive ketones (excluding diaryl/α,β-unsaturated/α-hetero) is 1. The smallest absolute Gasteiger partial charge is 0.173 e. The topological polar surface area (TPSA) is 32.3 Å². The lowest BCUT2D eigenvalue weighted by Crippen LogP contribution is -2.49. The van der Waals surface area contributed by atoms with E-state index in [1.807, 2.05) is 24.3 Å². The van der Waals surface area contributed by atoms with E-state index in [-0.39, 0.29) is 11.8 Å². The normalized spacial score (nSPS) is 21.7. The van der Waals surface area contributed by atoms with Crippen LogP contribution in [0.3, 0.4) is 0 Å². The van der Waals surface area contributed by atoms with Gasteiger partial charge in [0.25, 0.3) is 0 Å². The van der Waals surface area contributed by atoms with Gasteiger partial charge in [0.2, 0.25) is 0 Å². The fourth-order valence-electron chi connectivity index (χ4n) is 3.22. The zero-order chi connectivity index (χ0) is 15.7. The number of nitrogens with one attached hydrogen (secondary N) is 1. The SMILES string of the molecule is CCCN1C(=S)NC(c2ccc(Br)cc2)C2=C1CCCC2=O. The highest BCUT2D eigenvalue weighted by Crippen LogP contribution is 2.37. The van der Waals surface area contributed by atoms with Gasteiger partial charge in [0.15, 0.2) is 10.9 Å². The lowest BCUT2D eigenvalue weighted by molar-refractivity contribution is -0.116. The van der Waals surface area contributed by atoms with Crippen molar-refractivity contribution in [3.05, 3.63) is 45.6 Å². The predicted molar refractivity (Wildman–Crippen MR) is 95.5 cm³/mol. The summed E-state index contributed by atoms with van der Waals surface area (Å²) in [5.41, 5.74) is 3.13. The molecule has 1 unspecified atom stereocenters. The number of hydrogen-bond acceptors (Lipinski definition) is 2. The molecule has 1 N–H and O–H groups in total. The molecule has 0 radical (unpaired) electrons. The van der Waals surface area contributed by atoms with Crippen molar-refractivity contribution < 1.29 is 4.79 Å². The number of rotatable bonds is 3. The van der Waals surface area contributed by atoms with E-state index in [1.54, 1.807) is 0 Å². The van der Waals surface area contributed by atoms with Crippen molar-refractivity contribution in [3.63, 3.8) is 0 Å². The van der Waals surface area contributed by atoms with Crippen molar-refractivity contribution >= 4 is 39.0 Å². The number of carbonyl (C=O) groups is 1. The van der Waals surface area contributed by atoms with E-state index in [0.29, 0.717) is 6.42 Å². The van der Waals surface area contributed by atoms with Crippen LogP contribution in [0.25, 0.3) is 0 Å². The van der Waals surface area contributed by atoms with Gasteiger partial charge in [0.05, 0.1) is 6.04 Å². The first kappa shape index (κ1) is 15.7. The minimum Gasteiger partial charge on any atom is -0.351 e. The first-order chi connectivity index (χ1) is 10.6. The molecule has 3 nitrogen and oxygen atoms in total. The van der Waals surface area contributed by atoms with Crippen LogP contribution in [0.2, 0.25) is 0 Å². The molecule has 0 saturated heterocycles. The summed E-state index contributed by atoms with van der Waals surface area (Å²) < 4.78 is 1.03. The Morgan fingerprint density at radius 1 is 1.32 bits per heavy atom. The highest BCUT2D eigenvalue weighted by molar-refractivity contribution is 9.10. The van der Waals surface area contributed by atoms with Crippen LogP contribution < -0.4 is 5.32 Å². The number of thiocarbonyl (C=S) groups is 1. The maximum Gasteiger partial charge on any atom is 0.173 e. The molecule has 1 aromatic carbocycles. The molecule has 3 rings (SSSR count). The molecule has 0 bridgehead atoms. The molecule has 1 heterocycles. The fraction of sp³-hybridized carbons (Fsp3) is 0.412. The van der Waals surface area contributed by atoms with Gasteiger partial charge in [-0.15, -0.1) is 0 Å². The van der Waals surface area contributed by atoms with Crippen LogP contribution in [-0.2, 0) is 4.79 Å². The highest BCUT2D eigenvalue weighted by Gasteiger charge is 2.36. The monoisotopic (exact) mass is 378 g/mol. The lowest BCUT2D eigenvalue weighted by Gasteiger charge is -2.41. The Morgan fingerprint density at radius 3 is 2.73 bits per heavy atom. The van der Waals surface area contributed by atoms with E-state index in [0.717, 1.165) is 52.2 Å². The van der Waals surface area contributed by atoms with Gasteiger partial charge in [-0.2, -0.15) is 0 Å². The quantitative estimate of drug-likeness (QED) is 0.802. The standard InChI is InChI=1S/C17H19BrN2OS/c1-2-10-20-13-4-3-5-14(21)15(13)16(19-17(20)22)11-6-8-12(18)9-7-11/h6-9,16H,2-5,10H2,1H3,(H,19,22). The number of allylic oxidation sites excluding steroid dienone is 1. The van der Waals surface area contributed by atoms with Crippen molar-refractivity contribution in [2.24, 2.45) is 0 Å². The molecule has 0 spiro atoms. The Kier molecular flexibility index (Phi) is 4.64. The first-order valence-electron chi connectivity index (χ1n) is 7.71. The van der Waals surface area contributed by atoms with Gasteiger partial charge < -0.3 is 10.2 Å². The van der Waals surface area contributed by atoms with E-state index in [1.165, 1.54) is 0 Å². The van der Waals surface area contributed by atoms with Gasteiger partial charge >= 0.3 is 0 Å². The molecule has 2 aliphatic rings. The summed E-state index contributed by atoms with van der Waals surface area (Å²) in [5.74, 6) is 0.255. The van der Waals surface area contributed by atoms with Crippen molar-refractivity contribution in [2.45, 2.75) is 38.6 Å². The molecule has 0 saturated carbocycles. The fourth-order valence-corrected chi connectivity index (χ4v) is 3.80. The van der Waals surface area contributed by atoms with Gasteiger partial charge in [-0.1, -0.05) is 35.0 Å². The number of carbonyl (C=O) groups excluding carboxylic acids is 1. The third-order valence-electron chi connectivity index (χ3n) is 4.21. The molecule has 116 valence electrons. The summed E-state index contributed by atoms with van der Waals surface area (Å²) in [6.07, 6.45) is 3.51. The van der Waals surface area contributed by atoms with Crippen LogP contribution in [0.15, 0.2) is 40.0 Å². The molecule has 22 heavy (non-hydrogen) atoms. The van der Waals surface area contributed by atoms with Gasteiger partial charge in [0.1, 0.15) is 0 Å². The van der Waals surface area contributed by atoms with Crippen LogP contribution in [0.4, 0.5) is 0 Å². The van der Waals surface area contributed by atoms with Gasteiger partial charge in [-0.25, -0.2) is 0 Å². The van der Waals surface area contributed by atoms with E-state index in [9.17, 15) is 4.79 Å². The largest absolute Gasteiger partial charge is 0.351 e. The summed E-state index contributed by atoms with van der Waals surface area (Å²) in [5, 5.41) is 4.12. The summed E-state index contributed by atoms with van der Waals surface area (Å²) in [6, 6.07) is 7.99. The third-order valence-corrected chi connectivity index (χ3v) is 5.07. The van der Waals surface area contributed by atoms with Gasteiger partial charge in [-0.05, 0) is 49.2 Å². The molecule has 1 aliphatic carbocycles. The molecular weight excluding hydrogens is 360 g/mol. The molecule has 0 amide bonds. The summed E-state index contributed by atoms with van der Waals surface area (Å²) in [6.45, 7) is 3.00. The molecular formula is C17H19BrN2OS. The zero-order valence-corrected chi connectivity index (χ0v) is 15.0. The van der Waals surface area contributed by atoms with E-state index >= 15 is 0 Å². The molecule has 1 aliphatic heterocycles. The Bertz CT molecular complexity index is 639. The second kappa shape index (κ2) is 6.50. The van der Waals surface area contributed by atoms with Crippen LogP contribution in [0.5, 0.6) is 0 Å². The Hall–Kier alpha value is -1.20. The van der Waals surface area contributed by atoms with Crippen molar-refractivity contribution in [3.8, 4) is 0 Å². The molecule has 1 atom stereocenters. The molecule has 1 aromatic rings. The van der Waals surface area contributed by atoms with Crippen LogP contribution >= 0.6 is 28.1 Å². The summed E-state index contributed by atoms with van der Waals surface area (Å²) >= 11 is 9.02. The number of halogens is 1. The maximum atomic E-state index is 12.6. The van der Waals surface area contributed by atoms with E-state index < -0.39 is 0 Å². The first-order valence-corrected chi connectivity index (χ1v) is 8.91. The average molecular weight is 379 g/mol. The zero-order valence-electron chi connectivity index (χ0n) is 12.6. The number of hydrogen-bond donors (Lipinski definition) is 1. The van der Waals surface area contributed by atoms with Crippen molar-refractivity contribution in [1.82, 2.24) is 10.2 Å². The van der Waals surface area contributed by atoms with Crippen molar-refractivity contribution in [2.75, 3.05) is 6.54 Å². The van der Waals surface area contributed by atoms with Crippen LogP contribution in [0, 0.1) is 0 Å².